The molecule has 0 aliphatic carbocycles. The van der Waals surface area contributed by atoms with Crippen LogP contribution in [0.4, 0.5) is 4.39 Å². The van der Waals surface area contributed by atoms with E-state index in [1.807, 2.05) is 19.0 Å². The summed E-state index contributed by atoms with van der Waals surface area (Å²) in [6, 6.07) is 0. The fraction of sp³-hybridized carbons (Fsp3) is 0.917. The number of carbonyl (C=O) groups is 1. The zero-order valence-electron chi connectivity index (χ0n) is 11.4. The molecule has 0 saturated carbocycles. The van der Waals surface area contributed by atoms with Gasteiger partial charge in [0, 0.05) is 19.5 Å². The van der Waals surface area contributed by atoms with Gasteiger partial charge in [-0.1, -0.05) is 0 Å². The summed E-state index contributed by atoms with van der Waals surface area (Å²) < 4.78 is 14.3. The van der Waals surface area contributed by atoms with Gasteiger partial charge in [-0.15, -0.1) is 5.06 Å². The first-order valence-corrected chi connectivity index (χ1v) is 5.93. The molecule has 0 bridgehead atoms. The maximum absolute atomic E-state index is 14.3. The maximum atomic E-state index is 14.3. The Morgan fingerprint density at radius 1 is 1.47 bits per heavy atom. The summed E-state index contributed by atoms with van der Waals surface area (Å²) in [5, 5.41) is 1.44. The molecular weight excluding hydrogens is 223 g/mol. The highest BCUT2D eigenvalue weighted by atomic mass is 19.1. The molecule has 4 nitrogen and oxygen atoms in total. The van der Waals surface area contributed by atoms with Crippen LogP contribution in [0.3, 0.4) is 0 Å². The second-order valence-electron chi connectivity index (χ2n) is 6.13. The van der Waals surface area contributed by atoms with Crippen molar-refractivity contribution in [3.63, 3.8) is 0 Å². The van der Waals surface area contributed by atoms with E-state index in [4.69, 9.17) is 4.84 Å². The molecule has 0 aromatic heterocycles. The number of hydroxylamine groups is 2. The molecule has 0 N–H and O–H groups in total. The SMILES string of the molecule is CN(C)CC1(F)CCN(OC(=O)C(C)(C)C)C1. The lowest BCUT2D eigenvalue weighted by atomic mass is 9.98. The van der Waals surface area contributed by atoms with Gasteiger partial charge in [-0.25, -0.2) is 9.18 Å². The summed E-state index contributed by atoms with van der Waals surface area (Å²) in [7, 11) is 3.68. The van der Waals surface area contributed by atoms with E-state index >= 15 is 0 Å². The van der Waals surface area contributed by atoms with Gasteiger partial charge in [0.2, 0.25) is 0 Å². The van der Waals surface area contributed by atoms with Crippen LogP contribution in [0.5, 0.6) is 0 Å². The molecule has 0 amide bonds. The monoisotopic (exact) mass is 246 g/mol. The molecule has 0 aromatic carbocycles. The van der Waals surface area contributed by atoms with E-state index in [-0.39, 0.29) is 12.5 Å². The third-order valence-electron chi connectivity index (χ3n) is 2.69. The van der Waals surface area contributed by atoms with Gasteiger partial charge in [0.05, 0.1) is 12.0 Å². The fourth-order valence-electron chi connectivity index (χ4n) is 1.83. The Kier molecular flexibility index (Phi) is 4.15. The van der Waals surface area contributed by atoms with E-state index in [1.54, 1.807) is 20.8 Å². The molecule has 100 valence electrons. The molecule has 5 heteroatoms. The van der Waals surface area contributed by atoms with Gasteiger partial charge in [0.1, 0.15) is 5.67 Å². The number of hydrogen-bond acceptors (Lipinski definition) is 4. The van der Waals surface area contributed by atoms with Crippen LogP contribution in [0.15, 0.2) is 0 Å². The van der Waals surface area contributed by atoms with Gasteiger partial charge in [0.15, 0.2) is 0 Å². The maximum Gasteiger partial charge on any atom is 0.330 e. The van der Waals surface area contributed by atoms with Crippen LogP contribution in [0.25, 0.3) is 0 Å². The second kappa shape index (κ2) is 4.90. The van der Waals surface area contributed by atoms with Gasteiger partial charge in [-0.2, -0.15) is 0 Å². The van der Waals surface area contributed by atoms with E-state index in [0.29, 0.717) is 19.5 Å². The van der Waals surface area contributed by atoms with Crippen molar-refractivity contribution >= 4 is 5.97 Å². The zero-order chi connectivity index (χ0) is 13.3. The van der Waals surface area contributed by atoms with E-state index < -0.39 is 11.1 Å². The largest absolute Gasteiger partial charge is 0.367 e. The highest BCUT2D eigenvalue weighted by Gasteiger charge is 2.41. The van der Waals surface area contributed by atoms with Crippen LogP contribution in [0.1, 0.15) is 27.2 Å². The first kappa shape index (κ1) is 14.4. The quantitative estimate of drug-likeness (QED) is 0.755. The van der Waals surface area contributed by atoms with Gasteiger partial charge in [0.25, 0.3) is 0 Å². The molecule has 0 radical (unpaired) electrons. The topological polar surface area (TPSA) is 32.8 Å². The van der Waals surface area contributed by atoms with Crippen molar-refractivity contribution in [1.29, 1.82) is 0 Å². The zero-order valence-corrected chi connectivity index (χ0v) is 11.4. The van der Waals surface area contributed by atoms with Gasteiger partial charge in [-0.05, 0) is 34.9 Å². The molecule has 1 rings (SSSR count). The smallest absolute Gasteiger partial charge is 0.330 e. The van der Waals surface area contributed by atoms with E-state index in [1.165, 1.54) is 5.06 Å². The molecule has 0 spiro atoms. The molecular formula is C12H23FN2O2. The van der Waals surface area contributed by atoms with Crippen LogP contribution in [-0.4, -0.2) is 55.3 Å². The lowest BCUT2D eigenvalue weighted by Gasteiger charge is -2.25. The summed E-state index contributed by atoms with van der Waals surface area (Å²) in [5.41, 5.74) is -1.83. The highest BCUT2D eigenvalue weighted by Crippen LogP contribution is 2.27. The third kappa shape index (κ3) is 4.24. The van der Waals surface area contributed by atoms with Crippen molar-refractivity contribution in [1.82, 2.24) is 9.96 Å². The molecule has 1 aliphatic heterocycles. The highest BCUT2D eigenvalue weighted by molar-refractivity contribution is 5.75. The van der Waals surface area contributed by atoms with Crippen LogP contribution in [-0.2, 0) is 9.63 Å². The first-order chi connectivity index (χ1) is 7.62. The van der Waals surface area contributed by atoms with E-state index in [0.717, 1.165) is 0 Å². The van der Waals surface area contributed by atoms with Crippen molar-refractivity contribution < 1.29 is 14.0 Å². The predicted molar refractivity (Wildman–Crippen MR) is 64.1 cm³/mol. The number of alkyl halides is 1. The molecule has 1 saturated heterocycles. The molecule has 1 atom stereocenters. The fourth-order valence-corrected chi connectivity index (χ4v) is 1.83. The summed E-state index contributed by atoms with van der Waals surface area (Å²) in [6.45, 7) is 6.34. The van der Waals surface area contributed by atoms with Crippen molar-refractivity contribution in [2.45, 2.75) is 32.9 Å². The van der Waals surface area contributed by atoms with Crippen LogP contribution < -0.4 is 0 Å². The van der Waals surface area contributed by atoms with Crippen molar-refractivity contribution in [3.8, 4) is 0 Å². The van der Waals surface area contributed by atoms with Crippen molar-refractivity contribution in [3.05, 3.63) is 0 Å². The summed E-state index contributed by atoms with van der Waals surface area (Å²) in [5.74, 6) is -0.313. The molecule has 1 unspecified atom stereocenters. The second-order valence-corrected chi connectivity index (χ2v) is 6.13. The Bertz CT molecular complexity index is 289. The van der Waals surface area contributed by atoms with Gasteiger partial charge in [-0.3, -0.25) is 0 Å². The number of hydrogen-bond donors (Lipinski definition) is 0. The summed E-state index contributed by atoms with van der Waals surface area (Å²) in [4.78, 5) is 18.7. The molecule has 0 aromatic rings. The predicted octanol–water partition coefficient (Wildman–Crippen LogP) is 1.47. The Balaban J connectivity index is 2.48. The minimum Gasteiger partial charge on any atom is -0.367 e. The minimum absolute atomic E-state index is 0.160. The summed E-state index contributed by atoms with van der Waals surface area (Å²) in [6.07, 6.45) is 0.405. The van der Waals surface area contributed by atoms with E-state index in [9.17, 15) is 9.18 Å². The van der Waals surface area contributed by atoms with Crippen molar-refractivity contribution in [2.75, 3.05) is 33.7 Å². The lowest BCUT2D eigenvalue weighted by Crippen LogP contribution is -2.40. The average molecular weight is 246 g/mol. The van der Waals surface area contributed by atoms with E-state index in [2.05, 4.69) is 0 Å². The Morgan fingerprint density at radius 3 is 2.53 bits per heavy atom. The molecule has 1 fully saturated rings. The number of carbonyl (C=O) groups excluding carboxylic acids is 1. The van der Waals surface area contributed by atoms with Gasteiger partial charge >= 0.3 is 5.97 Å². The standard InChI is InChI=1S/C12H23FN2O2/c1-11(2,3)10(16)17-15-7-6-12(13,9-15)8-14(4)5/h6-9H2,1-5H3. The number of halogens is 1. The molecule has 1 aliphatic rings. The summed E-state index contributed by atoms with van der Waals surface area (Å²) >= 11 is 0. The third-order valence-corrected chi connectivity index (χ3v) is 2.69. The number of rotatable bonds is 3. The molecule has 1 heterocycles. The minimum atomic E-state index is -1.28. The van der Waals surface area contributed by atoms with Crippen LogP contribution in [0.2, 0.25) is 0 Å². The number of nitrogens with zero attached hydrogens (tertiary/aromatic N) is 2. The van der Waals surface area contributed by atoms with Crippen molar-refractivity contribution in [2.24, 2.45) is 5.41 Å². The van der Waals surface area contributed by atoms with Gasteiger partial charge < -0.3 is 9.74 Å². The Labute approximate surface area is 103 Å². The molecule has 17 heavy (non-hydrogen) atoms. The average Bonchev–Trinajstić information content (AvgIpc) is 2.43. The Morgan fingerprint density at radius 2 is 2.06 bits per heavy atom. The van der Waals surface area contributed by atoms with Crippen LogP contribution >= 0.6 is 0 Å². The lowest BCUT2D eigenvalue weighted by molar-refractivity contribution is -0.197. The Hall–Kier alpha value is -0.680. The first-order valence-electron chi connectivity index (χ1n) is 5.93. The van der Waals surface area contributed by atoms with Crippen LogP contribution in [0, 0.1) is 5.41 Å². The normalized spacial score (nSPS) is 26.5.